The van der Waals surface area contributed by atoms with Crippen molar-refractivity contribution in [3.63, 3.8) is 0 Å². The SMILES string of the molecule is Cl.NC1(c2noc(CSCC(=O)N3CCOCC3)n2)CCC1. The van der Waals surface area contributed by atoms with Crippen molar-refractivity contribution in [3.05, 3.63) is 11.7 Å². The van der Waals surface area contributed by atoms with Gasteiger partial charge >= 0.3 is 0 Å². The smallest absolute Gasteiger partial charge is 0.236 e. The van der Waals surface area contributed by atoms with Crippen LogP contribution in [0.4, 0.5) is 0 Å². The summed E-state index contributed by atoms with van der Waals surface area (Å²) in [5.74, 6) is 2.24. The van der Waals surface area contributed by atoms with Crippen molar-refractivity contribution in [2.75, 3.05) is 32.1 Å². The molecule has 9 heteroatoms. The van der Waals surface area contributed by atoms with Crippen LogP contribution in [-0.2, 0) is 20.8 Å². The van der Waals surface area contributed by atoms with E-state index in [0.29, 0.717) is 49.5 Å². The summed E-state index contributed by atoms with van der Waals surface area (Å²) in [6.07, 6.45) is 2.94. The van der Waals surface area contributed by atoms with Gasteiger partial charge < -0.3 is 19.9 Å². The van der Waals surface area contributed by atoms with Gasteiger partial charge in [0.15, 0.2) is 5.82 Å². The first kappa shape index (κ1) is 17.5. The molecule has 0 unspecified atom stereocenters. The van der Waals surface area contributed by atoms with Crippen molar-refractivity contribution in [3.8, 4) is 0 Å². The van der Waals surface area contributed by atoms with E-state index in [0.717, 1.165) is 19.3 Å². The van der Waals surface area contributed by atoms with E-state index in [1.54, 1.807) is 0 Å². The van der Waals surface area contributed by atoms with Gasteiger partial charge in [-0.2, -0.15) is 4.98 Å². The third-order valence-corrected chi connectivity index (χ3v) is 4.88. The lowest BCUT2D eigenvalue weighted by Gasteiger charge is -2.34. The van der Waals surface area contributed by atoms with E-state index in [2.05, 4.69) is 10.1 Å². The quantitative estimate of drug-likeness (QED) is 0.845. The minimum absolute atomic E-state index is 0. The molecule has 0 aromatic carbocycles. The predicted molar refractivity (Wildman–Crippen MR) is 84.8 cm³/mol. The second-order valence-corrected chi connectivity index (χ2v) is 6.49. The van der Waals surface area contributed by atoms with E-state index in [4.69, 9.17) is 15.0 Å². The Morgan fingerprint density at radius 2 is 2.09 bits per heavy atom. The van der Waals surface area contributed by atoms with Crippen LogP contribution in [0.1, 0.15) is 31.0 Å². The van der Waals surface area contributed by atoms with E-state index < -0.39 is 5.54 Å². The van der Waals surface area contributed by atoms with Gasteiger partial charge in [0.1, 0.15) is 0 Å². The Morgan fingerprint density at radius 3 is 2.73 bits per heavy atom. The molecule has 0 radical (unpaired) electrons. The predicted octanol–water partition coefficient (Wildman–Crippen LogP) is 0.921. The number of carbonyl (C=O) groups is 1. The average Bonchev–Trinajstić information content (AvgIpc) is 2.95. The highest BCUT2D eigenvalue weighted by Gasteiger charge is 2.38. The van der Waals surface area contributed by atoms with Crippen LogP contribution in [-0.4, -0.2) is 53.0 Å². The van der Waals surface area contributed by atoms with Crippen LogP contribution in [0.3, 0.4) is 0 Å². The molecule has 1 aliphatic carbocycles. The molecule has 2 aliphatic rings. The maximum atomic E-state index is 12.0. The van der Waals surface area contributed by atoms with E-state index in [1.165, 1.54) is 11.8 Å². The van der Waals surface area contributed by atoms with E-state index in [1.807, 2.05) is 4.90 Å². The van der Waals surface area contributed by atoms with Gasteiger partial charge in [-0.1, -0.05) is 5.16 Å². The molecule has 2 N–H and O–H groups in total. The number of carbonyl (C=O) groups excluding carboxylic acids is 1. The Labute approximate surface area is 139 Å². The van der Waals surface area contributed by atoms with Crippen molar-refractivity contribution in [2.45, 2.75) is 30.6 Å². The molecule has 0 atom stereocenters. The number of halogens is 1. The van der Waals surface area contributed by atoms with Crippen LogP contribution in [0.2, 0.25) is 0 Å². The second kappa shape index (κ2) is 7.63. The van der Waals surface area contributed by atoms with E-state index >= 15 is 0 Å². The summed E-state index contributed by atoms with van der Waals surface area (Å²) in [5.41, 5.74) is 5.75. The summed E-state index contributed by atoms with van der Waals surface area (Å²) in [6, 6.07) is 0. The number of hydrogen-bond acceptors (Lipinski definition) is 7. The van der Waals surface area contributed by atoms with Gasteiger partial charge in [0.25, 0.3) is 0 Å². The highest BCUT2D eigenvalue weighted by atomic mass is 35.5. The summed E-state index contributed by atoms with van der Waals surface area (Å²) >= 11 is 1.49. The van der Waals surface area contributed by atoms with Crippen molar-refractivity contribution >= 4 is 30.1 Å². The number of ether oxygens (including phenoxy) is 1. The number of nitrogens with two attached hydrogens (primary N) is 1. The number of nitrogens with zero attached hydrogens (tertiary/aromatic N) is 3. The lowest BCUT2D eigenvalue weighted by atomic mass is 9.77. The molecule has 2 heterocycles. The first-order valence-corrected chi connectivity index (χ1v) is 8.38. The van der Waals surface area contributed by atoms with Gasteiger partial charge in [-0.25, -0.2) is 0 Å². The number of amides is 1. The number of aromatic nitrogens is 2. The average molecular weight is 349 g/mol. The number of thioether (sulfide) groups is 1. The van der Waals surface area contributed by atoms with E-state index in [-0.39, 0.29) is 18.3 Å². The highest BCUT2D eigenvalue weighted by Crippen LogP contribution is 2.37. The molecule has 3 rings (SSSR count). The molecule has 0 bridgehead atoms. The molecule has 124 valence electrons. The summed E-state index contributed by atoms with van der Waals surface area (Å²) in [7, 11) is 0. The van der Waals surface area contributed by atoms with Crippen LogP contribution in [0.25, 0.3) is 0 Å². The van der Waals surface area contributed by atoms with Crippen LogP contribution in [0.5, 0.6) is 0 Å². The largest absolute Gasteiger partial charge is 0.378 e. The normalized spacial score (nSPS) is 20.1. The van der Waals surface area contributed by atoms with Gasteiger partial charge in [-0.05, 0) is 19.3 Å². The highest BCUT2D eigenvalue weighted by molar-refractivity contribution is 7.99. The molecule has 1 aliphatic heterocycles. The van der Waals surface area contributed by atoms with Gasteiger partial charge in [0.05, 0.1) is 30.3 Å². The molecule has 0 spiro atoms. The maximum Gasteiger partial charge on any atom is 0.236 e. The zero-order chi connectivity index (χ0) is 14.7. The van der Waals surface area contributed by atoms with Gasteiger partial charge in [0, 0.05) is 13.1 Å². The molecule has 1 saturated carbocycles. The third-order valence-electron chi connectivity index (χ3n) is 3.97. The molecule has 1 aromatic rings. The Kier molecular flexibility index (Phi) is 6.08. The van der Waals surface area contributed by atoms with Crippen molar-refractivity contribution in [1.82, 2.24) is 15.0 Å². The summed E-state index contributed by atoms with van der Waals surface area (Å²) < 4.78 is 10.4. The van der Waals surface area contributed by atoms with Crippen molar-refractivity contribution in [1.29, 1.82) is 0 Å². The van der Waals surface area contributed by atoms with Crippen molar-refractivity contribution in [2.24, 2.45) is 5.73 Å². The first-order chi connectivity index (χ1) is 10.2. The molecule has 22 heavy (non-hydrogen) atoms. The van der Waals surface area contributed by atoms with Gasteiger partial charge in [-0.15, -0.1) is 24.2 Å². The summed E-state index contributed by atoms with van der Waals surface area (Å²) in [6.45, 7) is 2.61. The number of rotatable bonds is 5. The molecule has 1 saturated heterocycles. The van der Waals surface area contributed by atoms with Crippen LogP contribution in [0, 0.1) is 0 Å². The Balaban J connectivity index is 0.00000176. The van der Waals surface area contributed by atoms with Crippen LogP contribution >= 0.6 is 24.2 Å². The molecular formula is C13H21ClN4O3S. The van der Waals surface area contributed by atoms with Gasteiger partial charge in [-0.3, -0.25) is 4.79 Å². The van der Waals surface area contributed by atoms with Crippen LogP contribution in [0.15, 0.2) is 4.52 Å². The topological polar surface area (TPSA) is 94.5 Å². The standard InChI is InChI=1S/C13H20N4O3S.ClH/c14-13(2-1-3-13)12-15-10(20-16-12)8-21-9-11(18)17-4-6-19-7-5-17;/h1-9,14H2;1H. The molecule has 7 nitrogen and oxygen atoms in total. The minimum atomic E-state index is -0.393. The fourth-order valence-corrected chi connectivity index (χ4v) is 3.18. The molecule has 1 amide bonds. The fraction of sp³-hybridized carbons (Fsp3) is 0.769. The second-order valence-electron chi connectivity index (χ2n) is 5.51. The lowest BCUT2D eigenvalue weighted by Crippen LogP contribution is -2.44. The third kappa shape index (κ3) is 3.92. The zero-order valence-corrected chi connectivity index (χ0v) is 14.0. The lowest BCUT2D eigenvalue weighted by molar-refractivity contribution is -0.132. The van der Waals surface area contributed by atoms with Gasteiger partial charge in [0.2, 0.25) is 11.8 Å². The number of morpholine rings is 1. The monoisotopic (exact) mass is 348 g/mol. The summed E-state index contributed by atoms with van der Waals surface area (Å²) in [4.78, 5) is 18.1. The van der Waals surface area contributed by atoms with Crippen molar-refractivity contribution < 1.29 is 14.1 Å². The minimum Gasteiger partial charge on any atom is -0.378 e. The summed E-state index contributed by atoms with van der Waals surface area (Å²) in [5, 5.41) is 3.96. The van der Waals surface area contributed by atoms with Crippen LogP contribution < -0.4 is 5.73 Å². The first-order valence-electron chi connectivity index (χ1n) is 7.23. The molecule has 2 fully saturated rings. The molecule has 1 aromatic heterocycles. The molecular weight excluding hydrogens is 328 g/mol. The fourth-order valence-electron chi connectivity index (χ4n) is 2.43. The zero-order valence-electron chi connectivity index (χ0n) is 12.3. The van der Waals surface area contributed by atoms with E-state index in [9.17, 15) is 4.79 Å². The Morgan fingerprint density at radius 1 is 1.36 bits per heavy atom. The maximum absolute atomic E-state index is 12.0. The Hall–Kier alpha value is -0.830. The Bertz CT molecular complexity index is 503. The number of hydrogen-bond donors (Lipinski definition) is 1.